The van der Waals surface area contributed by atoms with Crippen molar-refractivity contribution in [2.75, 3.05) is 38.5 Å². The van der Waals surface area contributed by atoms with E-state index in [0.29, 0.717) is 0 Å². The standard InChI is InChI=1S/C16H25N3/c17-16-7-2-1-5-14(16)8-10-18-11-12-19-9-4-3-6-15(19)13-18/h1-2,5,7,15H,3-4,6,8-13,17H2. The van der Waals surface area contributed by atoms with E-state index in [2.05, 4.69) is 21.9 Å². The highest BCUT2D eigenvalue weighted by Gasteiger charge is 2.28. The van der Waals surface area contributed by atoms with Gasteiger partial charge < -0.3 is 10.6 Å². The van der Waals surface area contributed by atoms with Crippen LogP contribution in [0.4, 0.5) is 5.69 Å². The molecule has 1 aromatic carbocycles. The lowest BCUT2D eigenvalue weighted by Gasteiger charge is -2.44. The van der Waals surface area contributed by atoms with E-state index in [1.807, 2.05) is 12.1 Å². The third-order valence-electron chi connectivity index (χ3n) is 4.67. The number of fused-ring (bicyclic) bond motifs is 1. The lowest BCUT2D eigenvalue weighted by molar-refractivity contribution is 0.0500. The number of para-hydroxylation sites is 1. The SMILES string of the molecule is Nc1ccccc1CCN1CCN2CCCCC2C1. The van der Waals surface area contributed by atoms with E-state index in [1.165, 1.54) is 51.0 Å². The summed E-state index contributed by atoms with van der Waals surface area (Å²) in [6, 6.07) is 9.08. The third-order valence-corrected chi connectivity index (χ3v) is 4.67. The molecule has 0 aromatic heterocycles. The van der Waals surface area contributed by atoms with E-state index in [9.17, 15) is 0 Å². The molecule has 2 saturated heterocycles. The molecule has 1 atom stereocenters. The van der Waals surface area contributed by atoms with Gasteiger partial charge in [0.25, 0.3) is 0 Å². The number of nitrogen functional groups attached to an aromatic ring is 1. The van der Waals surface area contributed by atoms with Crippen molar-refractivity contribution in [3.63, 3.8) is 0 Å². The minimum Gasteiger partial charge on any atom is -0.399 e. The van der Waals surface area contributed by atoms with Crippen molar-refractivity contribution in [1.29, 1.82) is 0 Å². The van der Waals surface area contributed by atoms with E-state index in [-0.39, 0.29) is 0 Å². The molecule has 3 heteroatoms. The van der Waals surface area contributed by atoms with Crippen molar-refractivity contribution in [2.45, 2.75) is 31.7 Å². The predicted octanol–water partition coefficient (Wildman–Crippen LogP) is 1.98. The molecular weight excluding hydrogens is 234 g/mol. The first-order chi connectivity index (χ1) is 9.33. The van der Waals surface area contributed by atoms with Crippen molar-refractivity contribution in [2.24, 2.45) is 0 Å². The topological polar surface area (TPSA) is 32.5 Å². The molecule has 2 aliphatic heterocycles. The van der Waals surface area contributed by atoms with Crippen LogP contribution in [0.1, 0.15) is 24.8 Å². The fourth-order valence-corrected chi connectivity index (χ4v) is 3.46. The molecular formula is C16H25N3. The number of nitrogens with two attached hydrogens (primary N) is 1. The first-order valence-electron chi connectivity index (χ1n) is 7.63. The Kier molecular flexibility index (Phi) is 4.04. The molecule has 0 bridgehead atoms. The number of benzene rings is 1. The van der Waals surface area contributed by atoms with Gasteiger partial charge in [-0.15, -0.1) is 0 Å². The van der Waals surface area contributed by atoms with Crippen LogP contribution in [0, 0.1) is 0 Å². The first-order valence-corrected chi connectivity index (χ1v) is 7.63. The second-order valence-corrected chi connectivity index (χ2v) is 5.93. The Bertz CT molecular complexity index is 418. The second-order valence-electron chi connectivity index (χ2n) is 5.93. The van der Waals surface area contributed by atoms with Crippen molar-refractivity contribution in [3.8, 4) is 0 Å². The number of hydrogen-bond donors (Lipinski definition) is 1. The minimum atomic E-state index is 0.815. The van der Waals surface area contributed by atoms with Crippen LogP contribution in [0.25, 0.3) is 0 Å². The highest BCUT2D eigenvalue weighted by atomic mass is 15.3. The third kappa shape index (κ3) is 3.10. The van der Waals surface area contributed by atoms with Crippen molar-refractivity contribution < 1.29 is 0 Å². The average molecular weight is 259 g/mol. The smallest absolute Gasteiger partial charge is 0.0347 e. The average Bonchev–Trinajstić information content (AvgIpc) is 2.46. The molecule has 1 aromatic rings. The Morgan fingerprint density at radius 3 is 2.89 bits per heavy atom. The van der Waals surface area contributed by atoms with Gasteiger partial charge in [0.05, 0.1) is 0 Å². The molecule has 2 aliphatic rings. The van der Waals surface area contributed by atoms with Crippen LogP contribution in [0.3, 0.4) is 0 Å². The number of hydrogen-bond acceptors (Lipinski definition) is 3. The van der Waals surface area contributed by atoms with Crippen LogP contribution in [0.2, 0.25) is 0 Å². The largest absolute Gasteiger partial charge is 0.399 e. The Morgan fingerprint density at radius 1 is 1.11 bits per heavy atom. The lowest BCUT2D eigenvalue weighted by atomic mass is 9.99. The summed E-state index contributed by atoms with van der Waals surface area (Å²) < 4.78 is 0. The molecule has 3 rings (SSSR count). The van der Waals surface area contributed by atoms with Gasteiger partial charge in [0.1, 0.15) is 0 Å². The van der Waals surface area contributed by atoms with E-state index in [1.54, 1.807) is 0 Å². The van der Waals surface area contributed by atoms with Gasteiger partial charge in [0, 0.05) is 37.9 Å². The fraction of sp³-hybridized carbons (Fsp3) is 0.625. The summed E-state index contributed by atoms with van der Waals surface area (Å²) in [4.78, 5) is 5.32. The molecule has 1 unspecified atom stereocenters. The molecule has 0 radical (unpaired) electrons. The zero-order chi connectivity index (χ0) is 13.1. The fourth-order valence-electron chi connectivity index (χ4n) is 3.46. The van der Waals surface area contributed by atoms with Crippen LogP contribution in [-0.4, -0.2) is 48.6 Å². The van der Waals surface area contributed by atoms with Gasteiger partial charge >= 0.3 is 0 Å². The zero-order valence-corrected chi connectivity index (χ0v) is 11.7. The number of nitrogens with zero attached hydrogens (tertiary/aromatic N) is 2. The van der Waals surface area contributed by atoms with Gasteiger partial charge in [-0.1, -0.05) is 24.6 Å². The van der Waals surface area contributed by atoms with Gasteiger partial charge in [0.15, 0.2) is 0 Å². The van der Waals surface area contributed by atoms with E-state index in [0.717, 1.165) is 24.7 Å². The molecule has 19 heavy (non-hydrogen) atoms. The van der Waals surface area contributed by atoms with Gasteiger partial charge in [-0.05, 0) is 37.4 Å². The molecule has 0 amide bonds. The maximum Gasteiger partial charge on any atom is 0.0347 e. The first kappa shape index (κ1) is 12.9. The van der Waals surface area contributed by atoms with Crippen LogP contribution in [0.5, 0.6) is 0 Å². The van der Waals surface area contributed by atoms with Gasteiger partial charge in [0.2, 0.25) is 0 Å². The summed E-state index contributed by atoms with van der Waals surface area (Å²) in [7, 11) is 0. The van der Waals surface area contributed by atoms with Crippen LogP contribution in [-0.2, 0) is 6.42 Å². The minimum absolute atomic E-state index is 0.815. The molecule has 0 aliphatic carbocycles. The maximum atomic E-state index is 6.02. The van der Waals surface area contributed by atoms with Crippen LogP contribution in [0.15, 0.2) is 24.3 Å². The summed E-state index contributed by atoms with van der Waals surface area (Å²) in [6.45, 7) is 6.22. The van der Waals surface area contributed by atoms with Crippen LogP contribution < -0.4 is 5.73 Å². The molecule has 2 N–H and O–H groups in total. The number of piperidine rings is 1. The maximum absolute atomic E-state index is 6.02. The summed E-state index contributed by atoms with van der Waals surface area (Å²) >= 11 is 0. The highest BCUT2D eigenvalue weighted by Crippen LogP contribution is 2.21. The van der Waals surface area contributed by atoms with Crippen molar-refractivity contribution >= 4 is 5.69 Å². The predicted molar refractivity (Wildman–Crippen MR) is 80.2 cm³/mol. The van der Waals surface area contributed by atoms with Crippen molar-refractivity contribution in [1.82, 2.24) is 9.80 Å². The second kappa shape index (κ2) is 5.93. The van der Waals surface area contributed by atoms with E-state index >= 15 is 0 Å². The summed E-state index contributed by atoms with van der Waals surface area (Å²) in [5, 5.41) is 0. The van der Waals surface area contributed by atoms with E-state index in [4.69, 9.17) is 5.73 Å². The number of anilines is 1. The highest BCUT2D eigenvalue weighted by molar-refractivity contribution is 5.46. The summed E-state index contributed by atoms with van der Waals surface area (Å²) in [6.07, 6.45) is 5.29. The summed E-state index contributed by atoms with van der Waals surface area (Å²) in [5.41, 5.74) is 8.26. The lowest BCUT2D eigenvalue weighted by Crippen LogP contribution is -2.55. The van der Waals surface area contributed by atoms with Gasteiger partial charge in [-0.2, -0.15) is 0 Å². The molecule has 0 saturated carbocycles. The molecule has 104 valence electrons. The summed E-state index contributed by atoms with van der Waals surface area (Å²) in [5.74, 6) is 0. The van der Waals surface area contributed by atoms with Gasteiger partial charge in [-0.25, -0.2) is 0 Å². The monoisotopic (exact) mass is 259 g/mol. The van der Waals surface area contributed by atoms with E-state index < -0.39 is 0 Å². The molecule has 2 fully saturated rings. The zero-order valence-electron chi connectivity index (χ0n) is 11.7. The molecule has 2 heterocycles. The van der Waals surface area contributed by atoms with Crippen LogP contribution >= 0.6 is 0 Å². The van der Waals surface area contributed by atoms with Gasteiger partial charge in [-0.3, -0.25) is 4.90 Å². The van der Waals surface area contributed by atoms with Crippen molar-refractivity contribution in [3.05, 3.63) is 29.8 Å². The molecule has 0 spiro atoms. The Morgan fingerprint density at radius 2 is 2.00 bits per heavy atom. The molecule has 3 nitrogen and oxygen atoms in total. The quantitative estimate of drug-likeness (QED) is 0.843. The Balaban J connectivity index is 1.52. The normalized spacial score (nSPS) is 25.2. The Hall–Kier alpha value is -1.06. The Labute approximate surface area is 116 Å². The number of piperazine rings is 1. The number of rotatable bonds is 3.